The zero-order valence-corrected chi connectivity index (χ0v) is 11.0. The fourth-order valence-electron chi connectivity index (χ4n) is 1.40. The van der Waals surface area contributed by atoms with Crippen molar-refractivity contribution in [2.24, 2.45) is 5.41 Å². The van der Waals surface area contributed by atoms with Crippen molar-refractivity contribution < 1.29 is 4.74 Å². The van der Waals surface area contributed by atoms with Crippen LogP contribution in [0.1, 0.15) is 26.5 Å². The van der Waals surface area contributed by atoms with Gasteiger partial charge in [0.05, 0.1) is 12.8 Å². The summed E-state index contributed by atoms with van der Waals surface area (Å²) in [6, 6.07) is 1.90. The van der Waals surface area contributed by atoms with Gasteiger partial charge < -0.3 is 9.64 Å². The molecule has 1 aromatic heterocycles. The van der Waals surface area contributed by atoms with Crippen molar-refractivity contribution in [2.75, 3.05) is 26.1 Å². The van der Waals surface area contributed by atoms with E-state index in [0.717, 1.165) is 12.1 Å². The van der Waals surface area contributed by atoms with Crippen LogP contribution in [-0.2, 0) is 6.42 Å². The zero-order chi connectivity index (χ0) is 12.3. The Kier molecular flexibility index (Phi) is 3.73. The third-order valence-electron chi connectivity index (χ3n) is 2.06. The summed E-state index contributed by atoms with van der Waals surface area (Å²) in [5, 5.41) is 0. The van der Waals surface area contributed by atoms with E-state index in [0.29, 0.717) is 11.8 Å². The Morgan fingerprint density at radius 1 is 1.25 bits per heavy atom. The molecule has 1 rings (SSSR count). The minimum atomic E-state index is 0.211. The van der Waals surface area contributed by atoms with E-state index in [-0.39, 0.29) is 5.41 Å². The third kappa shape index (κ3) is 3.68. The van der Waals surface area contributed by atoms with Gasteiger partial charge in [0.2, 0.25) is 11.8 Å². The van der Waals surface area contributed by atoms with Gasteiger partial charge in [0.15, 0.2) is 0 Å². The van der Waals surface area contributed by atoms with E-state index in [1.165, 1.54) is 0 Å². The molecule has 0 saturated carbocycles. The fraction of sp³-hybridized carbons (Fsp3) is 0.667. The maximum absolute atomic E-state index is 5.18. The number of ether oxygens (including phenoxy) is 1. The normalized spacial score (nSPS) is 11.4. The SMILES string of the molecule is COc1cc(CC(C)(C)C)nc(N(C)C)n1. The smallest absolute Gasteiger partial charge is 0.228 e. The molecule has 0 aliphatic rings. The van der Waals surface area contributed by atoms with Crippen molar-refractivity contribution in [3.8, 4) is 5.88 Å². The van der Waals surface area contributed by atoms with E-state index in [1.54, 1.807) is 7.11 Å². The van der Waals surface area contributed by atoms with Crippen molar-refractivity contribution in [2.45, 2.75) is 27.2 Å². The molecule has 0 N–H and O–H groups in total. The van der Waals surface area contributed by atoms with Crippen LogP contribution in [0.5, 0.6) is 5.88 Å². The number of nitrogens with zero attached hydrogens (tertiary/aromatic N) is 3. The molecule has 0 radical (unpaired) electrons. The Bertz CT molecular complexity index is 356. The summed E-state index contributed by atoms with van der Waals surface area (Å²) in [6.45, 7) is 6.57. The largest absolute Gasteiger partial charge is 0.481 e. The summed E-state index contributed by atoms with van der Waals surface area (Å²) in [4.78, 5) is 10.7. The van der Waals surface area contributed by atoms with E-state index in [2.05, 4.69) is 30.7 Å². The van der Waals surface area contributed by atoms with E-state index in [4.69, 9.17) is 4.74 Å². The number of rotatable bonds is 3. The molecule has 90 valence electrons. The lowest BCUT2D eigenvalue weighted by Gasteiger charge is -2.19. The molecule has 0 amide bonds. The lowest BCUT2D eigenvalue weighted by atomic mass is 9.90. The highest BCUT2D eigenvalue weighted by Crippen LogP contribution is 2.22. The van der Waals surface area contributed by atoms with Crippen LogP contribution in [0.4, 0.5) is 5.95 Å². The van der Waals surface area contributed by atoms with Crippen molar-refractivity contribution in [1.82, 2.24) is 9.97 Å². The Morgan fingerprint density at radius 2 is 1.88 bits per heavy atom. The maximum atomic E-state index is 5.18. The quantitative estimate of drug-likeness (QED) is 0.787. The molecule has 0 aliphatic heterocycles. The maximum Gasteiger partial charge on any atom is 0.228 e. The Balaban J connectivity index is 3.04. The first kappa shape index (κ1) is 12.7. The van der Waals surface area contributed by atoms with Gasteiger partial charge in [-0.2, -0.15) is 4.98 Å². The van der Waals surface area contributed by atoms with Crippen LogP contribution in [0.2, 0.25) is 0 Å². The number of hydrogen-bond acceptors (Lipinski definition) is 4. The third-order valence-corrected chi connectivity index (χ3v) is 2.06. The minimum absolute atomic E-state index is 0.211. The Labute approximate surface area is 97.7 Å². The van der Waals surface area contributed by atoms with Crippen LogP contribution < -0.4 is 9.64 Å². The van der Waals surface area contributed by atoms with Crippen molar-refractivity contribution in [3.05, 3.63) is 11.8 Å². The van der Waals surface area contributed by atoms with Gasteiger partial charge in [0, 0.05) is 20.2 Å². The standard InChI is InChI=1S/C12H21N3O/c1-12(2,3)8-9-7-10(16-6)14-11(13-9)15(4)5/h7H,8H2,1-6H3. The first-order chi connectivity index (χ1) is 7.31. The summed E-state index contributed by atoms with van der Waals surface area (Å²) < 4.78 is 5.18. The molecule has 4 heteroatoms. The van der Waals surface area contributed by atoms with Crippen LogP contribution >= 0.6 is 0 Å². The highest BCUT2D eigenvalue weighted by Gasteiger charge is 2.15. The first-order valence-corrected chi connectivity index (χ1v) is 5.41. The average molecular weight is 223 g/mol. The van der Waals surface area contributed by atoms with Gasteiger partial charge in [0.1, 0.15) is 0 Å². The van der Waals surface area contributed by atoms with Crippen molar-refractivity contribution in [3.63, 3.8) is 0 Å². The molecule has 1 heterocycles. The molecule has 0 atom stereocenters. The molecule has 16 heavy (non-hydrogen) atoms. The number of aromatic nitrogens is 2. The van der Waals surface area contributed by atoms with E-state index >= 15 is 0 Å². The molecule has 0 aromatic carbocycles. The van der Waals surface area contributed by atoms with Gasteiger partial charge in [-0.25, -0.2) is 4.98 Å². The molecular weight excluding hydrogens is 202 g/mol. The first-order valence-electron chi connectivity index (χ1n) is 5.41. The number of hydrogen-bond donors (Lipinski definition) is 0. The fourth-order valence-corrected chi connectivity index (χ4v) is 1.40. The van der Waals surface area contributed by atoms with Crippen molar-refractivity contribution >= 4 is 5.95 Å². The van der Waals surface area contributed by atoms with Gasteiger partial charge in [-0.15, -0.1) is 0 Å². The summed E-state index contributed by atoms with van der Waals surface area (Å²) in [7, 11) is 5.48. The molecule has 4 nitrogen and oxygen atoms in total. The molecule has 0 fully saturated rings. The summed E-state index contributed by atoms with van der Waals surface area (Å²) in [5.74, 6) is 1.32. The second kappa shape index (κ2) is 4.68. The topological polar surface area (TPSA) is 38.2 Å². The molecular formula is C12H21N3O. The molecule has 0 saturated heterocycles. The van der Waals surface area contributed by atoms with Gasteiger partial charge >= 0.3 is 0 Å². The molecule has 0 bridgehead atoms. The average Bonchev–Trinajstić information content (AvgIpc) is 2.14. The molecule has 0 spiro atoms. The second-order valence-electron chi connectivity index (χ2n) is 5.33. The Morgan fingerprint density at radius 3 is 2.31 bits per heavy atom. The monoisotopic (exact) mass is 223 g/mol. The summed E-state index contributed by atoms with van der Waals surface area (Å²) in [6.07, 6.45) is 0.909. The van der Waals surface area contributed by atoms with Gasteiger partial charge in [-0.1, -0.05) is 20.8 Å². The summed E-state index contributed by atoms with van der Waals surface area (Å²) in [5.41, 5.74) is 1.23. The number of methoxy groups -OCH3 is 1. The predicted molar refractivity (Wildman–Crippen MR) is 66.1 cm³/mol. The summed E-state index contributed by atoms with van der Waals surface area (Å²) >= 11 is 0. The molecule has 1 aromatic rings. The predicted octanol–water partition coefficient (Wildman–Crippen LogP) is 2.14. The van der Waals surface area contributed by atoms with Crippen LogP contribution in [0.3, 0.4) is 0 Å². The van der Waals surface area contributed by atoms with Crippen LogP contribution in [0.15, 0.2) is 6.07 Å². The van der Waals surface area contributed by atoms with E-state index in [1.807, 2.05) is 25.1 Å². The highest BCUT2D eigenvalue weighted by atomic mass is 16.5. The minimum Gasteiger partial charge on any atom is -0.481 e. The van der Waals surface area contributed by atoms with Gasteiger partial charge in [-0.3, -0.25) is 0 Å². The Hall–Kier alpha value is -1.32. The van der Waals surface area contributed by atoms with Crippen LogP contribution in [-0.4, -0.2) is 31.2 Å². The molecule has 0 aliphatic carbocycles. The van der Waals surface area contributed by atoms with Crippen molar-refractivity contribution in [1.29, 1.82) is 0 Å². The zero-order valence-electron chi connectivity index (χ0n) is 11.0. The lowest BCUT2D eigenvalue weighted by Crippen LogP contribution is -2.16. The number of anilines is 1. The van der Waals surface area contributed by atoms with Gasteiger partial charge in [-0.05, 0) is 11.8 Å². The van der Waals surface area contributed by atoms with Gasteiger partial charge in [0.25, 0.3) is 0 Å². The second-order valence-corrected chi connectivity index (χ2v) is 5.33. The van der Waals surface area contributed by atoms with Crippen LogP contribution in [0, 0.1) is 5.41 Å². The lowest BCUT2D eigenvalue weighted by molar-refractivity contribution is 0.386. The van der Waals surface area contributed by atoms with E-state index < -0.39 is 0 Å². The van der Waals surface area contributed by atoms with Crippen LogP contribution in [0.25, 0.3) is 0 Å². The molecule has 0 unspecified atom stereocenters. The van der Waals surface area contributed by atoms with E-state index in [9.17, 15) is 0 Å². The highest BCUT2D eigenvalue weighted by molar-refractivity contribution is 5.32.